The van der Waals surface area contributed by atoms with Crippen molar-refractivity contribution in [1.82, 2.24) is 0 Å². The normalized spacial score (nSPS) is 11.9. The van der Waals surface area contributed by atoms with Crippen LogP contribution in [0.2, 0.25) is 0 Å². The third kappa shape index (κ3) is 1.33. The molecule has 1 nitrogen and oxygen atoms in total. The average Bonchev–Trinajstić information content (AvgIpc) is 2.46. The molecule has 1 N–H and O–H groups in total. The Balaban J connectivity index is 2.39. The standard InChI is InChI=1S/C18H14O/c1-11-2-3-12-7-9-16-14(10-19)5-4-13-6-8-15(11)17(12)18(13)16/h2-9,19H,10H2,1H3. The van der Waals surface area contributed by atoms with Crippen LogP contribution >= 0.6 is 0 Å². The molecule has 19 heavy (non-hydrogen) atoms. The maximum Gasteiger partial charge on any atom is 0.0687 e. The largest absolute Gasteiger partial charge is 0.392 e. The number of hydrogen-bond donors (Lipinski definition) is 1. The zero-order chi connectivity index (χ0) is 13.0. The quantitative estimate of drug-likeness (QED) is 0.494. The number of benzene rings is 4. The summed E-state index contributed by atoms with van der Waals surface area (Å²) in [5.74, 6) is 0. The molecule has 0 atom stereocenters. The summed E-state index contributed by atoms with van der Waals surface area (Å²) < 4.78 is 0. The minimum Gasteiger partial charge on any atom is -0.392 e. The Labute approximate surface area is 111 Å². The number of aliphatic hydroxyl groups excluding tert-OH is 1. The number of aryl methyl sites for hydroxylation is 1. The van der Waals surface area contributed by atoms with Crippen molar-refractivity contribution in [3.8, 4) is 0 Å². The highest BCUT2D eigenvalue weighted by atomic mass is 16.3. The van der Waals surface area contributed by atoms with Gasteiger partial charge in [-0.3, -0.25) is 0 Å². The van der Waals surface area contributed by atoms with Crippen LogP contribution in [-0.4, -0.2) is 5.11 Å². The van der Waals surface area contributed by atoms with Crippen molar-refractivity contribution in [3.63, 3.8) is 0 Å². The van der Waals surface area contributed by atoms with E-state index in [1.54, 1.807) is 0 Å². The smallest absolute Gasteiger partial charge is 0.0687 e. The maximum absolute atomic E-state index is 9.52. The van der Waals surface area contributed by atoms with E-state index >= 15 is 0 Å². The monoisotopic (exact) mass is 246 g/mol. The number of aliphatic hydroxyl groups is 1. The predicted molar refractivity (Wildman–Crippen MR) is 80.8 cm³/mol. The molecule has 0 amide bonds. The fourth-order valence-electron chi connectivity index (χ4n) is 3.15. The van der Waals surface area contributed by atoms with Gasteiger partial charge in [-0.15, -0.1) is 0 Å². The van der Waals surface area contributed by atoms with Crippen molar-refractivity contribution in [2.24, 2.45) is 0 Å². The molecule has 92 valence electrons. The van der Waals surface area contributed by atoms with Gasteiger partial charge in [0.05, 0.1) is 6.61 Å². The van der Waals surface area contributed by atoms with Gasteiger partial charge in [0.1, 0.15) is 0 Å². The van der Waals surface area contributed by atoms with Gasteiger partial charge >= 0.3 is 0 Å². The van der Waals surface area contributed by atoms with E-state index in [2.05, 4.69) is 49.4 Å². The Morgan fingerprint density at radius 1 is 0.737 bits per heavy atom. The lowest BCUT2D eigenvalue weighted by Crippen LogP contribution is -1.90. The van der Waals surface area contributed by atoms with Crippen LogP contribution in [0.1, 0.15) is 11.1 Å². The van der Waals surface area contributed by atoms with Gasteiger partial charge in [0.2, 0.25) is 0 Å². The van der Waals surface area contributed by atoms with Crippen LogP contribution in [0.3, 0.4) is 0 Å². The molecule has 0 saturated heterocycles. The molecule has 0 bridgehead atoms. The third-order valence-electron chi connectivity index (χ3n) is 4.14. The Morgan fingerprint density at radius 2 is 1.32 bits per heavy atom. The molecule has 0 saturated carbocycles. The molecule has 1 heteroatoms. The average molecular weight is 246 g/mol. The van der Waals surface area contributed by atoms with Crippen molar-refractivity contribution >= 4 is 32.3 Å². The van der Waals surface area contributed by atoms with Crippen LogP contribution in [0.4, 0.5) is 0 Å². The molecular weight excluding hydrogens is 232 g/mol. The lowest BCUT2D eigenvalue weighted by Gasteiger charge is -2.14. The van der Waals surface area contributed by atoms with Gasteiger partial charge in [-0.2, -0.15) is 0 Å². The first-order chi connectivity index (χ1) is 9.29. The summed E-state index contributed by atoms with van der Waals surface area (Å²) in [6.45, 7) is 2.24. The highest BCUT2D eigenvalue weighted by Crippen LogP contribution is 2.37. The van der Waals surface area contributed by atoms with Gasteiger partial charge in [0.15, 0.2) is 0 Å². The molecule has 0 radical (unpaired) electrons. The SMILES string of the molecule is Cc1ccc2ccc3c(CO)ccc4ccc1c2c43. The molecule has 0 heterocycles. The van der Waals surface area contributed by atoms with Crippen LogP contribution in [0, 0.1) is 6.92 Å². The van der Waals surface area contributed by atoms with Gasteiger partial charge in [-0.05, 0) is 50.4 Å². The first-order valence-corrected chi connectivity index (χ1v) is 6.56. The first-order valence-electron chi connectivity index (χ1n) is 6.56. The van der Waals surface area contributed by atoms with Crippen molar-refractivity contribution in [3.05, 3.63) is 59.7 Å². The summed E-state index contributed by atoms with van der Waals surface area (Å²) in [6.07, 6.45) is 0. The molecule has 4 aromatic carbocycles. The van der Waals surface area contributed by atoms with Crippen molar-refractivity contribution in [1.29, 1.82) is 0 Å². The van der Waals surface area contributed by atoms with E-state index in [-0.39, 0.29) is 6.61 Å². The summed E-state index contributed by atoms with van der Waals surface area (Å²) >= 11 is 0. The highest BCUT2D eigenvalue weighted by molar-refractivity contribution is 6.24. The van der Waals surface area contributed by atoms with Crippen molar-refractivity contribution < 1.29 is 5.11 Å². The highest BCUT2D eigenvalue weighted by Gasteiger charge is 2.11. The minimum absolute atomic E-state index is 0.0904. The lowest BCUT2D eigenvalue weighted by atomic mass is 9.90. The second-order valence-electron chi connectivity index (χ2n) is 5.19. The zero-order valence-electron chi connectivity index (χ0n) is 10.8. The molecule has 0 aromatic heterocycles. The van der Waals surface area contributed by atoms with Gasteiger partial charge < -0.3 is 5.11 Å². The molecule has 0 aliphatic heterocycles. The molecule has 0 unspecified atom stereocenters. The second-order valence-corrected chi connectivity index (χ2v) is 5.19. The Morgan fingerprint density at radius 3 is 2.05 bits per heavy atom. The van der Waals surface area contributed by atoms with Crippen LogP contribution in [-0.2, 0) is 6.61 Å². The molecule has 0 spiro atoms. The fraction of sp³-hybridized carbons (Fsp3) is 0.111. The summed E-state index contributed by atoms with van der Waals surface area (Å²) in [6, 6.07) is 17.2. The minimum atomic E-state index is 0.0904. The van der Waals surface area contributed by atoms with Crippen molar-refractivity contribution in [2.45, 2.75) is 13.5 Å². The van der Waals surface area contributed by atoms with E-state index in [0.717, 1.165) is 5.56 Å². The molecule has 0 aliphatic rings. The fourth-order valence-corrected chi connectivity index (χ4v) is 3.15. The predicted octanol–water partition coefficient (Wildman–Crippen LogP) is 4.38. The second kappa shape index (κ2) is 3.69. The maximum atomic E-state index is 9.52. The molecule has 0 aliphatic carbocycles. The third-order valence-corrected chi connectivity index (χ3v) is 4.14. The Kier molecular flexibility index (Phi) is 2.09. The van der Waals surface area contributed by atoms with E-state index in [1.807, 2.05) is 6.07 Å². The van der Waals surface area contributed by atoms with E-state index in [4.69, 9.17) is 0 Å². The van der Waals surface area contributed by atoms with Gasteiger partial charge in [-0.1, -0.05) is 48.5 Å². The van der Waals surface area contributed by atoms with E-state index in [1.165, 1.54) is 37.9 Å². The van der Waals surface area contributed by atoms with Crippen LogP contribution < -0.4 is 0 Å². The van der Waals surface area contributed by atoms with E-state index in [9.17, 15) is 5.11 Å². The van der Waals surface area contributed by atoms with Crippen LogP contribution in [0.15, 0.2) is 48.5 Å². The summed E-state index contributed by atoms with van der Waals surface area (Å²) in [5, 5.41) is 17.1. The number of hydrogen-bond acceptors (Lipinski definition) is 1. The van der Waals surface area contributed by atoms with E-state index in [0.29, 0.717) is 0 Å². The first kappa shape index (κ1) is 10.8. The van der Waals surface area contributed by atoms with Gasteiger partial charge in [-0.25, -0.2) is 0 Å². The topological polar surface area (TPSA) is 20.2 Å². The van der Waals surface area contributed by atoms with Gasteiger partial charge in [0.25, 0.3) is 0 Å². The molecular formula is C18H14O. The zero-order valence-corrected chi connectivity index (χ0v) is 10.8. The summed E-state index contributed by atoms with van der Waals surface area (Å²) in [4.78, 5) is 0. The Hall–Kier alpha value is -2.12. The lowest BCUT2D eigenvalue weighted by molar-refractivity contribution is 0.283. The van der Waals surface area contributed by atoms with Gasteiger partial charge in [0, 0.05) is 0 Å². The van der Waals surface area contributed by atoms with Crippen LogP contribution in [0.25, 0.3) is 32.3 Å². The van der Waals surface area contributed by atoms with E-state index < -0.39 is 0 Å². The Bertz CT molecular complexity index is 906. The van der Waals surface area contributed by atoms with Crippen LogP contribution in [0.5, 0.6) is 0 Å². The summed E-state index contributed by atoms with van der Waals surface area (Å²) in [5.41, 5.74) is 2.31. The van der Waals surface area contributed by atoms with Crippen molar-refractivity contribution in [2.75, 3.05) is 0 Å². The number of rotatable bonds is 1. The molecule has 0 fully saturated rings. The molecule has 4 rings (SSSR count). The molecule has 4 aromatic rings. The summed E-state index contributed by atoms with van der Waals surface area (Å²) in [7, 11) is 0.